The van der Waals surface area contributed by atoms with E-state index in [0.717, 1.165) is 0 Å². The third kappa shape index (κ3) is 4.25. The van der Waals surface area contributed by atoms with Crippen molar-refractivity contribution in [3.05, 3.63) is 35.4 Å². The Balaban J connectivity index is 2.34. The Morgan fingerprint density at radius 1 is 1.27 bits per heavy atom. The predicted octanol–water partition coefficient (Wildman–Crippen LogP) is 2.41. The van der Waals surface area contributed by atoms with E-state index in [4.69, 9.17) is 18.9 Å². The van der Waals surface area contributed by atoms with Crippen LogP contribution in [-0.2, 0) is 28.5 Å². The van der Waals surface area contributed by atoms with E-state index in [-0.39, 0.29) is 24.5 Å². The normalized spacial score (nSPS) is 19.2. The van der Waals surface area contributed by atoms with Crippen LogP contribution in [0.2, 0.25) is 0 Å². The first-order valence-electron chi connectivity index (χ1n) is 8.24. The topological polar surface area (TPSA) is 91.4 Å². The van der Waals surface area contributed by atoms with Crippen molar-refractivity contribution in [2.45, 2.75) is 45.8 Å². The lowest BCUT2D eigenvalue weighted by Gasteiger charge is -2.29. The van der Waals surface area contributed by atoms with Gasteiger partial charge in [-0.1, -0.05) is 0 Å². The number of rotatable bonds is 3. The molecule has 8 heteroatoms. The van der Waals surface area contributed by atoms with Gasteiger partial charge in [-0.05, 0) is 46.3 Å². The number of hydrogen-bond donors (Lipinski definition) is 0. The van der Waals surface area contributed by atoms with Crippen LogP contribution in [0.25, 0.3) is 0 Å². The average Bonchev–Trinajstić information content (AvgIpc) is 2.79. The van der Waals surface area contributed by atoms with Gasteiger partial charge in [-0.2, -0.15) is 0 Å². The molecule has 2 aliphatic rings. The van der Waals surface area contributed by atoms with Crippen molar-refractivity contribution in [3.8, 4) is 0 Å². The summed E-state index contributed by atoms with van der Waals surface area (Å²) in [6.07, 6.45) is 3.90. The van der Waals surface area contributed by atoms with Gasteiger partial charge in [-0.25, -0.2) is 14.4 Å². The Bertz CT molecular complexity index is 697. The molecule has 0 fully saturated rings. The number of hydrogen-bond acceptors (Lipinski definition) is 7. The van der Waals surface area contributed by atoms with Crippen LogP contribution >= 0.6 is 0 Å². The van der Waals surface area contributed by atoms with Crippen LogP contribution in [0.3, 0.4) is 0 Å². The zero-order valence-electron chi connectivity index (χ0n) is 15.5. The highest BCUT2D eigenvalue weighted by molar-refractivity contribution is 5.95. The summed E-state index contributed by atoms with van der Waals surface area (Å²) in [6, 6.07) is -0.550. The number of amides is 1. The van der Waals surface area contributed by atoms with Gasteiger partial charge >= 0.3 is 18.0 Å². The van der Waals surface area contributed by atoms with E-state index in [1.54, 1.807) is 27.7 Å². The molecular weight excluding hydrogens is 342 g/mol. The molecule has 0 aliphatic carbocycles. The highest BCUT2D eigenvalue weighted by Gasteiger charge is 2.41. The minimum atomic E-state index is -0.738. The van der Waals surface area contributed by atoms with E-state index in [1.807, 2.05) is 0 Å². The fourth-order valence-corrected chi connectivity index (χ4v) is 2.53. The summed E-state index contributed by atoms with van der Waals surface area (Å²) in [7, 11) is 1.23. The Morgan fingerprint density at radius 3 is 2.54 bits per heavy atom. The van der Waals surface area contributed by atoms with E-state index in [0.29, 0.717) is 5.57 Å². The van der Waals surface area contributed by atoms with Crippen LogP contribution in [0.5, 0.6) is 0 Å². The summed E-state index contributed by atoms with van der Waals surface area (Å²) in [4.78, 5) is 37.8. The van der Waals surface area contributed by atoms with Gasteiger partial charge in [0.1, 0.15) is 11.3 Å². The van der Waals surface area contributed by atoms with E-state index in [1.165, 1.54) is 30.4 Å². The summed E-state index contributed by atoms with van der Waals surface area (Å²) >= 11 is 0. The Hall–Kier alpha value is -2.77. The predicted molar refractivity (Wildman–Crippen MR) is 90.5 cm³/mol. The second-order valence-electron chi connectivity index (χ2n) is 6.65. The van der Waals surface area contributed by atoms with Crippen LogP contribution in [0.4, 0.5) is 4.79 Å². The van der Waals surface area contributed by atoms with Gasteiger partial charge < -0.3 is 18.9 Å². The maximum absolute atomic E-state index is 12.7. The minimum Gasteiger partial charge on any atom is -0.464 e. The molecule has 26 heavy (non-hydrogen) atoms. The van der Waals surface area contributed by atoms with Crippen molar-refractivity contribution in [3.63, 3.8) is 0 Å². The summed E-state index contributed by atoms with van der Waals surface area (Å²) in [5.41, 5.74) is -0.140. The molecule has 0 saturated heterocycles. The van der Waals surface area contributed by atoms with Crippen molar-refractivity contribution in [2.24, 2.45) is 0 Å². The molecule has 1 amide bonds. The molecule has 0 N–H and O–H groups in total. The molecule has 0 spiro atoms. The lowest BCUT2D eigenvalue weighted by Crippen LogP contribution is -2.42. The first-order valence-corrected chi connectivity index (χ1v) is 8.24. The monoisotopic (exact) mass is 365 g/mol. The lowest BCUT2D eigenvalue weighted by molar-refractivity contribution is -0.141. The van der Waals surface area contributed by atoms with E-state index < -0.39 is 29.7 Å². The Kier molecular flexibility index (Phi) is 5.74. The van der Waals surface area contributed by atoms with Crippen LogP contribution in [0, 0.1) is 0 Å². The number of carbonyl (C=O) groups is 3. The molecule has 142 valence electrons. The van der Waals surface area contributed by atoms with Crippen LogP contribution in [0.15, 0.2) is 35.4 Å². The zero-order valence-corrected chi connectivity index (χ0v) is 15.5. The molecule has 1 unspecified atom stereocenters. The largest absolute Gasteiger partial charge is 0.464 e. The van der Waals surface area contributed by atoms with Crippen LogP contribution in [-0.4, -0.2) is 48.3 Å². The third-order valence-corrected chi connectivity index (χ3v) is 3.57. The van der Waals surface area contributed by atoms with Crippen LogP contribution in [0.1, 0.15) is 34.1 Å². The maximum Gasteiger partial charge on any atom is 0.415 e. The zero-order chi connectivity index (χ0) is 19.5. The first-order chi connectivity index (χ1) is 12.2. The number of ether oxygens (including phenoxy) is 4. The summed E-state index contributed by atoms with van der Waals surface area (Å²) in [5.74, 6) is -1.23. The van der Waals surface area contributed by atoms with E-state index in [9.17, 15) is 14.4 Å². The second-order valence-corrected chi connectivity index (χ2v) is 6.65. The van der Waals surface area contributed by atoms with Crippen molar-refractivity contribution in [2.75, 3.05) is 13.7 Å². The molecule has 0 aromatic heterocycles. The van der Waals surface area contributed by atoms with Gasteiger partial charge in [0.05, 0.1) is 26.0 Å². The minimum absolute atomic E-state index is 0.0332. The van der Waals surface area contributed by atoms with Crippen molar-refractivity contribution >= 4 is 18.0 Å². The number of methoxy groups -OCH3 is 1. The Labute approximate surface area is 152 Å². The Morgan fingerprint density at radius 2 is 1.96 bits per heavy atom. The molecule has 0 radical (unpaired) electrons. The number of nitrogens with zero attached hydrogens (tertiary/aromatic N) is 1. The molecule has 0 aromatic carbocycles. The first kappa shape index (κ1) is 19.6. The molecule has 2 heterocycles. The van der Waals surface area contributed by atoms with Crippen molar-refractivity contribution in [1.82, 2.24) is 4.90 Å². The van der Waals surface area contributed by atoms with Gasteiger partial charge in [0.15, 0.2) is 0 Å². The lowest BCUT2D eigenvalue weighted by atomic mass is 10.1. The van der Waals surface area contributed by atoms with E-state index >= 15 is 0 Å². The van der Waals surface area contributed by atoms with Crippen LogP contribution < -0.4 is 0 Å². The highest BCUT2D eigenvalue weighted by Crippen LogP contribution is 2.34. The molecule has 0 saturated carbocycles. The van der Waals surface area contributed by atoms with Crippen molar-refractivity contribution < 1.29 is 33.3 Å². The van der Waals surface area contributed by atoms with Gasteiger partial charge in [-0.15, -0.1) is 0 Å². The SMILES string of the molecule is CCOC(=O)C1=CCC2C(=CO1)C=C(C(=O)OC)N2C(=O)OC(C)(C)C. The number of esters is 2. The standard InChI is InChI=1S/C18H23NO7/c1-6-24-16(21)14-8-7-12-11(10-25-14)9-13(15(20)23-5)19(12)17(22)26-18(2,3)4/h8-10,12H,6-7H2,1-5H3. The summed E-state index contributed by atoms with van der Waals surface area (Å²) < 4.78 is 20.5. The van der Waals surface area contributed by atoms with Gasteiger partial charge in [0.2, 0.25) is 5.76 Å². The maximum atomic E-state index is 12.7. The van der Waals surface area contributed by atoms with Crippen molar-refractivity contribution in [1.29, 1.82) is 0 Å². The van der Waals surface area contributed by atoms with Gasteiger partial charge in [-0.3, -0.25) is 4.90 Å². The molecule has 2 rings (SSSR count). The summed E-state index contributed by atoms with van der Waals surface area (Å²) in [6.45, 7) is 7.10. The summed E-state index contributed by atoms with van der Waals surface area (Å²) in [5, 5.41) is 0. The molecule has 2 aliphatic heterocycles. The highest BCUT2D eigenvalue weighted by atomic mass is 16.6. The van der Waals surface area contributed by atoms with Gasteiger partial charge in [0.25, 0.3) is 0 Å². The second kappa shape index (κ2) is 7.63. The third-order valence-electron chi connectivity index (χ3n) is 3.57. The average molecular weight is 365 g/mol. The molecule has 0 bridgehead atoms. The molecular formula is C18H23NO7. The molecule has 8 nitrogen and oxygen atoms in total. The number of fused-ring (bicyclic) bond motifs is 1. The molecule has 0 aromatic rings. The number of carbonyl (C=O) groups excluding carboxylic acids is 3. The quantitative estimate of drug-likeness (QED) is 0.560. The van der Waals surface area contributed by atoms with Gasteiger partial charge in [0, 0.05) is 5.57 Å². The fourth-order valence-electron chi connectivity index (χ4n) is 2.53. The molecule has 1 atom stereocenters. The van der Waals surface area contributed by atoms with E-state index in [2.05, 4.69) is 0 Å². The smallest absolute Gasteiger partial charge is 0.415 e. The fraction of sp³-hybridized carbons (Fsp3) is 0.500.